The van der Waals surface area contributed by atoms with Crippen molar-refractivity contribution in [3.8, 4) is 5.75 Å². The van der Waals surface area contributed by atoms with Crippen LogP contribution in [0.5, 0.6) is 5.75 Å². The Labute approximate surface area is 149 Å². The smallest absolute Gasteiger partial charge is 0.319 e. The van der Waals surface area contributed by atoms with Crippen molar-refractivity contribution in [3.63, 3.8) is 0 Å². The second kappa shape index (κ2) is 7.40. The molecule has 128 valence electrons. The van der Waals surface area contributed by atoms with Crippen LogP contribution in [-0.4, -0.2) is 5.97 Å². The molecular formula is C21H25ClO2. The Morgan fingerprint density at radius 1 is 1.00 bits per heavy atom. The highest BCUT2D eigenvalue weighted by molar-refractivity contribution is 6.31. The first kappa shape index (κ1) is 18.5. The maximum absolute atomic E-state index is 12.9. The molecule has 1 atom stereocenters. The van der Waals surface area contributed by atoms with Gasteiger partial charge in [0.2, 0.25) is 0 Å². The van der Waals surface area contributed by atoms with E-state index in [9.17, 15) is 4.79 Å². The Morgan fingerprint density at radius 2 is 1.58 bits per heavy atom. The zero-order chi connectivity index (χ0) is 17.9. The first-order valence-corrected chi connectivity index (χ1v) is 8.65. The summed E-state index contributed by atoms with van der Waals surface area (Å²) >= 11 is 6.31. The van der Waals surface area contributed by atoms with Crippen LogP contribution in [0.1, 0.15) is 51.7 Å². The zero-order valence-electron chi connectivity index (χ0n) is 15.0. The standard InChI is InChI=1S/C21H25ClO2/c1-14(2)19(15-10-6-8-12-17(15)22)20(23)24-18-13-9-7-11-16(18)21(3,4)5/h6-14,19H,1-5H3/t19-/m0/s1. The number of halogens is 1. The molecule has 24 heavy (non-hydrogen) atoms. The minimum absolute atomic E-state index is 0.0826. The van der Waals surface area contributed by atoms with E-state index in [0.29, 0.717) is 10.8 Å². The van der Waals surface area contributed by atoms with Gasteiger partial charge >= 0.3 is 5.97 Å². The molecule has 2 rings (SSSR count). The Hall–Kier alpha value is -1.80. The van der Waals surface area contributed by atoms with Crippen LogP contribution in [0.3, 0.4) is 0 Å². The van der Waals surface area contributed by atoms with Gasteiger partial charge in [0, 0.05) is 10.6 Å². The summed E-state index contributed by atoms with van der Waals surface area (Å²) in [4.78, 5) is 12.9. The van der Waals surface area contributed by atoms with Gasteiger partial charge in [0.15, 0.2) is 0 Å². The van der Waals surface area contributed by atoms with E-state index in [1.54, 1.807) is 0 Å². The fourth-order valence-electron chi connectivity index (χ4n) is 2.83. The quantitative estimate of drug-likeness (QED) is 0.503. The lowest BCUT2D eigenvalue weighted by Crippen LogP contribution is -2.25. The van der Waals surface area contributed by atoms with Crippen molar-refractivity contribution in [2.24, 2.45) is 5.92 Å². The largest absolute Gasteiger partial charge is 0.426 e. The van der Waals surface area contributed by atoms with Crippen molar-refractivity contribution < 1.29 is 9.53 Å². The van der Waals surface area contributed by atoms with Gasteiger partial charge in [-0.05, 0) is 29.0 Å². The predicted molar refractivity (Wildman–Crippen MR) is 99.8 cm³/mol. The number of rotatable bonds is 4. The highest BCUT2D eigenvalue weighted by Gasteiger charge is 2.29. The van der Waals surface area contributed by atoms with Crippen molar-refractivity contribution in [2.75, 3.05) is 0 Å². The molecule has 0 saturated heterocycles. The van der Waals surface area contributed by atoms with E-state index < -0.39 is 5.92 Å². The number of para-hydroxylation sites is 1. The topological polar surface area (TPSA) is 26.3 Å². The maximum Gasteiger partial charge on any atom is 0.319 e. The van der Waals surface area contributed by atoms with Gasteiger partial charge in [0.25, 0.3) is 0 Å². The normalized spacial score (nSPS) is 13.0. The monoisotopic (exact) mass is 344 g/mol. The summed E-state index contributed by atoms with van der Waals surface area (Å²) in [6.45, 7) is 10.3. The first-order chi connectivity index (χ1) is 11.2. The summed E-state index contributed by atoms with van der Waals surface area (Å²) in [6, 6.07) is 15.2. The number of benzene rings is 2. The Bertz CT molecular complexity index is 714. The highest BCUT2D eigenvalue weighted by atomic mass is 35.5. The third-order valence-electron chi connectivity index (χ3n) is 4.07. The molecule has 0 N–H and O–H groups in total. The lowest BCUT2D eigenvalue weighted by Gasteiger charge is -2.25. The zero-order valence-corrected chi connectivity index (χ0v) is 15.7. The van der Waals surface area contributed by atoms with E-state index in [4.69, 9.17) is 16.3 Å². The van der Waals surface area contributed by atoms with Gasteiger partial charge < -0.3 is 4.74 Å². The minimum Gasteiger partial charge on any atom is -0.426 e. The van der Waals surface area contributed by atoms with Gasteiger partial charge in [-0.2, -0.15) is 0 Å². The maximum atomic E-state index is 12.9. The molecule has 0 amide bonds. The summed E-state index contributed by atoms with van der Waals surface area (Å²) in [7, 11) is 0. The van der Waals surface area contributed by atoms with Crippen LogP contribution >= 0.6 is 11.6 Å². The average molecular weight is 345 g/mol. The first-order valence-electron chi connectivity index (χ1n) is 8.27. The van der Waals surface area contributed by atoms with E-state index >= 15 is 0 Å². The number of hydrogen-bond donors (Lipinski definition) is 0. The van der Waals surface area contributed by atoms with Crippen LogP contribution in [0.2, 0.25) is 5.02 Å². The van der Waals surface area contributed by atoms with Crippen molar-refractivity contribution in [1.82, 2.24) is 0 Å². The molecule has 0 aromatic heterocycles. The van der Waals surface area contributed by atoms with E-state index in [-0.39, 0.29) is 17.3 Å². The molecule has 0 spiro atoms. The molecule has 2 nitrogen and oxygen atoms in total. The van der Waals surface area contributed by atoms with Gasteiger partial charge in [-0.1, -0.05) is 82.6 Å². The molecule has 0 heterocycles. The number of esters is 1. The molecule has 0 aliphatic carbocycles. The third-order valence-corrected chi connectivity index (χ3v) is 4.41. The van der Waals surface area contributed by atoms with Crippen LogP contribution in [0.4, 0.5) is 0 Å². The van der Waals surface area contributed by atoms with Crippen LogP contribution in [-0.2, 0) is 10.2 Å². The Balaban J connectivity index is 2.36. The van der Waals surface area contributed by atoms with Gasteiger partial charge in [0.1, 0.15) is 5.75 Å². The molecule has 0 radical (unpaired) electrons. The Morgan fingerprint density at radius 3 is 2.17 bits per heavy atom. The van der Waals surface area contributed by atoms with E-state index in [1.165, 1.54) is 0 Å². The van der Waals surface area contributed by atoms with Crippen LogP contribution in [0, 0.1) is 5.92 Å². The second-order valence-corrected chi connectivity index (χ2v) is 7.82. The van der Waals surface area contributed by atoms with Gasteiger partial charge in [-0.15, -0.1) is 0 Å². The summed E-state index contributed by atoms with van der Waals surface area (Å²) in [5, 5.41) is 0.595. The molecule has 3 heteroatoms. The number of hydrogen-bond acceptors (Lipinski definition) is 2. The molecular weight excluding hydrogens is 320 g/mol. The molecule has 0 aliphatic rings. The van der Waals surface area contributed by atoms with Crippen molar-refractivity contribution in [2.45, 2.75) is 46.0 Å². The van der Waals surface area contributed by atoms with Crippen LogP contribution in [0.15, 0.2) is 48.5 Å². The lowest BCUT2D eigenvalue weighted by atomic mass is 9.86. The summed E-state index contributed by atoms with van der Waals surface area (Å²) in [5.41, 5.74) is 1.72. The summed E-state index contributed by atoms with van der Waals surface area (Å²) < 4.78 is 5.81. The summed E-state index contributed by atoms with van der Waals surface area (Å²) in [5.74, 6) is 0.0356. The average Bonchev–Trinajstić information content (AvgIpc) is 2.48. The minimum atomic E-state index is -0.397. The highest BCUT2D eigenvalue weighted by Crippen LogP contribution is 2.35. The molecule has 2 aromatic rings. The van der Waals surface area contributed by atoms with Crippen LogP contribution < -0.4 is 4.74 Å². The van der Waals surface area contributed by atoms with Gasteiger partial charge in [-0.3, -0.25) is 4.79 Å². The van der Waals surface area contributed by atoms with Crippen molar-refractivity contribution >= 4 is 17.6 Å². The third kappa shape index (κ3) is 4.18. The number of carbonyl (C=O) groups is 1. The second-order valence-electron chi connectivity index (χ2n) is 7.41. The fourth-order valence-corrected chi connectivity index (χ4v) is 3.09. The molecule has 2 aromatic carbocycles. The van der Waals surface area contributed by atoms with Crippen molar-refractivity contribution in [3.05, 3.63) is 64.7 Å². The summed E-state index contributed by atoms with van der Waals surface area (Å²) in [6.07, 6.45) is 0. The molecule has 0 saturated carbocycles. The van der Waals surface area contributed by atoms with E-state index in [1.807, 2.05) is 62.4 Å². The van der Waals surface area contributed by atoms with E-state index in [2.05, 4.69) is 20.8 Å². The van der Waals surface area contributed by atoms with Crippen LogP contribution in [0.25, 0.3) is 0 Å². The van der Waals surface area contributed by atoms with Crippen molar-refractivity contribution in [1.29, 1.82) is 0 Å². The fraction of sp³-hybridized carbons (Fsp3) is 0.381. The van der Waals surface area contributed by atoms with E-state index in [0.717, 1.165) is 11.1 Å². The lowest BCUT2D eigenvalue weighted by molar-refractivity contribution is -0.137. The molecule has 0 fully saturated rings. The molecule has 0 aliphatic heterocycles. The number of carbonyl (C=O) groups excluding carboxylic acids is 1. The molecule has 0 bridgehead atoms. The number of ether oxygens (including phenoxy) is 1. The predicted octanol–water partition coefficient (Wildman–Crippen LogP) is 5.98. The SMILES string of the molecule is CC(C)[C@H](C(=O)Oc1ccccc1C(C)(C)C)c1ccccc1Cl. The van der Waals surface area contributed by atoms with Gasteiger partial charge in [-0.25, -0.2) is 0 Å². The molecule has 0 unspecified atom stereocenters. The Kier molecular flexibility index (Phi) is 5.71. The van der Waals surface area contributed by atoms with Gasteiger partial charge in [0.05, 0.1) is 5.92 Å².